The van der Waals surface area contributed by atoms with E-state index in [0.29, 0.717) is 0 Å². The summed E-state index contributed by atoms with van der Waals surface area (Å²) in [6.07, 6.45) is 5.16. The molecule has 0 aliphatic carbocycles. The van der Waals surface area contributed by atoms with Gasteiger partial charge in [-0.2, -0.15) is 0 Å². The molecule has 1 rings (SSSR count). The molecule has 0 unspecified atom stereocenters. The molecule has 1 aromatic carbocycles. The normalized spacial score (nSPS) is 9.29. The van der Waals surface area contributed by atoms with Gasteiger partial charge >= 0.3 is 0 Å². The van der Waals surface area contributed by atoms with Crippen LogP contribution < -0.4 is 0 Å². The Bertz CT molecular complexity index is 318. The van der Waals surface area contributed by atoms with E-state index in [2.05, 4.69) is 12.7 Å². The van der Waals surface area contributed by atoms with Gasteiger partial charge in [0.25, 0.3) is 0 Å². The molecule has 0 heterocycles. The fraction of sp³-hybridized carbons (Fsp3) is 0.308. The highest BCUT2D eigenvalue weighted by Gasteiger charge is 1.88. The Balaban J connectivity index is 2.62. The molecule has 1 aromatic rings. The fourth-order valence-corrected chi connectivity index (χ4v) is 1.30. The summed E-state index contributed by atoms with van der Waals surface area (Å²) in [6, 6.07) is 10.1. The maximum atomic E-state index is 5.98. The zero-order chi connectivity index (χ0) is 10.2. The SMILES string of the molecule is CCCCC(Cl)=C=Cc1ccccc1. The monoisotopic (exact) mass is 206 g/mol. The number of unbranched alkanes of at least 4 members (excludes halogenated alkanes) is 1. The summed E-state index contributed by atoms with van der Waals surface area (Å²) in [5.74, 6) is 0. The van der Waals surface area contributed by atoms with Crippen molar-refractivity contribution in [1.82, 2.24) is 0 Å². The van der Waals surface area contributed by atoms with Crippen molar-refractivity contribution >= 4 is 17.7 Å². The van der Waals surface area contributed by atoms with E-state index in [1.807, 2.05) is 36.4 Å². The minimum Gasteiger partial charge on any atom is -0.104 e. The van der Waals surface area contributed by atoms with Gasteiger partial charge in [0.15, 0.2) is 0 Å². The van der Waals surface area contributed by atoms with Crippen molar-refractivity contribution in [1.29, 1.82) is 0 Å². The number of halogens is 1. The van der Waals surface area contributed by atoms with Crippen molar-refractivity contribution in [3.8, 4) is 0 Å². The molecule has 1 heteroatoms. The van der Waals surface area contributed by atoms with Crippen LogP contribution in [0.1, 0.15) is 31.7 Å². The van der Waals surface area contributed by atoms with Gasteiger partial charge < -0.3 is 0 Å². The topological polar surface area (TPSA) is 0 Å². The number of hydrogen-bond donors (Lipinski definition) is 0. The van der Waals surface area contributed by atoms with E-state index in [1.165, 1.54) is 6.42 Å². The molecule has 0 radical (unpaired) electrons. The average molecular weight is 207 g/mol. The van der Waals surface area contributed by atoms with E-state index in [9.17, 15) is 0 Å². The Morgan fingerprint density at radius 1 is 1.36 bits per heavy atom. The van der Waals surface area contributed by atoms with Crippen LogP contribution >= 0.6 is 11.6 Å². The molecule has 0 saturated heterocycles. The summed E-state index contributed by atoms with van der Waals surface area (Å²) in [5, 5.41) is 0.815. The first-order chi connectivity index (χ1) is 6.83. The second kappa shape index (κ2) is 6.48. The lowest BCUT2D eigenvalue weighted by atomic mass is 10.2. The molecular weight excluding hydrogens is 192 g/mol. The zero-order valence-corrected chi connectivity index (χ0v) is 9.22. The van der Waals surface area contributed by atoms with Gasteiger partial charge in [-0.05, 0) is 24.5 Å². The van der Waals surface area contributed by atoms with Crippen molar-refractivity contribution in [2.75, 3.05) is 0 Å². The molecule has 0 nitrogen and oxygen atoms in total. The van der Waals surface area contributed by atoms with Gasteiger partial charge in [0, 0.05) is 0 Å². The molecule has 0 saturated carbocycles. The fourth-order valence-electron chi connectivity index (χ4n) is 1.12. The van der Waals surface area contributed by atoms with Crippen molar-refractivity contribution in [2.45, 2.75) is 26.2 Å². The third kappa shape index (κ3) is 4.32. The second-order valence-electron chi connectivity index (χ2n) is 3.21. The molecular formula is C13H15Cl. The zero-order valence-electron chi connectivity index (χ0n) is 8.46. The van der Waals surface area contributed by atoms with Gasteiger partial charge in [-0.1, -0.05) is 55.3 Å². The van der Waals surface area contributed by atoms with Crippen LogP contribution in [-0.2, 0) is 0 Å². The highest BCUT2D eigenvalue weighted by atomic mass is 35.5. The number of hydrogen-bond acceptors (Lipinski definition) is 0. The highest BCUT2D eigenvalue weighted by Crippen LogP contribution is 2.11. The lowest BCUT2D eigenvalue weighted by Gasteiger charge is -1.92. The average Bonchev–Trinajstić information content (AvgIpc) is 2.25. The molecule has 0 fully saturated rings. The lowest BCUT2D eigenvalue weighted by molar-refractivity contribution is 0.808. The van der Waals surface area contributed by atoms with Gasteiger partial charge in [-0.25, -0.2) is 0 Å². The van der Waals surface area contributed by atoms with E-state index >= 15 is 0 Å². The number of allylic oxidation sites excluding steroid dienone is 1. The van der Waals surface area contributed by atoms with Gasteiger partial charge in [-0.3, -0.25) is 0 Å². The van der Waals surface area contributed by atoms with Gasteiger partial charge in [0.05, 0.1) is 5.03 Å². The lowest BCUT2D eigenvalue weighted by Crippen LogP contribution is -1.72. The van der Waals surface area contributed by atoms with Crippen LogP contribution in [0.3, 0.4) is 0 Å². The van der Waals surface area contributed by atoms with E-state index in [0.717, 1.165) is 23.4 Å². The summed E-state index contributed by atoms with van der Waals surface area (Å²) >= 11 is 5.98. The van der Waals surface area contributed by atoms with Crippen LogP contribution in [0.25, 0.3) is 6.08 Å². The van der Waals surface area contributed by atoms with Crippen molar-refractivity contribution in [3.63, 3.8) is 0 Å². The van der Waals surface area contributed by atoms with Crippen LogP contribution in [0.4, 0.5) is 0 Å². The molecule has 0 aliphatic rings. The van der Waals surface area contributed by atoms with E-state index in [4.69, 9.17) is 11.6 Å². The van der Waals surface area contributed by atoms with Crippen molar-refractivity contribution in [3.05, 3.63) is 46.7 Å². The summed E-state index contributed by atoms with van der Waals surface area (Å²) in [6.45, 7) is 2.16. The first-order valence-electron chi connectivity index (χ1n) is 4.99. The Morgan fingerprint density at radius 3 is 2.71 bits per heavy atom. The van der Waals surface area contributed by atoms with Crippen LogP contribution in [0.2, 0.25) is 0 Å². The molecule has 0 N–H and O–H groups in total. The molecule has 0 bridgehead atoms. The third-order valence-corrected chi connectivity index (χ3v) is 2.24. The molecule has 0 amide bonds. The van der Waals surface area contributed by atoms with Crippen LogP contribution in [0.5, 0.6) is 0 Å². The second-order valence-corrected chi connectivity index (χ2v) is 3.66. The smallest absolute Gasteiger partial charge is 0.0597 e. The van der Waals surface area contributed by atoms with E-state index in [-0.39, 0.29) is 0 Å². The minimum absolute atomic E-state index is 0.815. The maximum Gasteiger partial charge on any atom is 0.0597 e. The van der Waals surface area contributed by atoms with E-state index in [1.54, 1.807) is 0 Å². The molecule has 14 heavy (non-hydrogen) atoms. The van der Waals surface area contributed by atoms with Crippen LogP contribution in [0, 0.1) is 0 Å². The third-order valence-electron chi connectivity index (χ3n) is 1.94. The van der Waals surface area contributed by atoms with E-state index < -0.39 is 0 Å². The summed E-state index contributed by atoms with van der Waals surface area (Å²) < 4.78 is 0. The molecule has 0 atom stereocenters. The Morgan fingerprint density at radius 2 is 2.07 bits per heavy atom. The summed E-state index contributed by atoms with van der Waals surface area (Å²) in [4.78, 5) is 0. The Hall–Kier alpha value is -0.970. The van der Waals surface area contributed by atoms with Gasteiger partial charge in [0.1, 0.15) is 0 Å². The quantitative estimate of drug-likeness (QED) is 0.631. The standard InChI is InChI=1S/C13H15Cl/c1-2-3-9-13(14)11-10-12-7-5-4-6-8-12/h4-8,10H,2-3,9H2,1H3. The molecule has 74 valence electrons. The maximum absolute atomic E-state index is 5.98. The molecule has 0 spiro atoms. The number of benzene rings is 1. The number of rotatable bonds is 4. The first kappa shape index (κ1) is 11.1. The van der Waals surface area contributed by atoms with Gasteiger partial charge in [0.2, 0.25) is 0 Å². The van der Waals surface area contributed by atoms with Crippen LogP contribution in [0.15, 0.2) is 41.1 Å². The summed E-state index contributed by atoms with van der Waals surface area (Å²) in [5.41, 5.74) is 4.23. The largest absolute Gasteiger partial charge is 0.104 e. The molecule has 0 aromatic heterocycles. The molecule has 0 aliphatic heterocycles. The van der Waals surface area contributed by atoms with Crippen molar-refractivity contribution in [2.24, 2.45) is 0 Å². The predicted octanol–water partition coefficient (Wildman–Crippen LogP) is 4.61. The minimum atomic E-state index is 0.815. The van der Waals surface area contributed by atoms with Gasteiger partial charge in [-0.15, -0.1) is 5.73 Å². The first-order valence-corrected chi connectivity index (χ1v) is 5.37. The Kier molecular flexibility index (Phi) is 5.14. The summed E-state index contributed by atoms with van der Waals surface area (Å²) in [7, 11) is 0. The van der Waals surface area contributed by atoms with Crippen LogP contribution in [-0.4, -0.2) is 0 Å². The van der Waals surface area contributed by atoms with Crippen molar-refractivity contribution < 1.29 is 0 Å². The predicted molar refractivity (Wildman–Crippen MR) is 63.3 cm³/mol. The Labute approximate surface area is 90.9 Å². The highest BCUT2D eigenvalue weighted by molar-refractivity contribution is 6.29.